The maximum absolute atomic E-state index is 13.2. The van der Waals surface area contributed by atoms with Crippen LogP contribution in [0.3, 0.4) is 0 Å². The predicted molar refractivity (Wildman–Crippen MR) is 76.3 cm³/mol. The molecule has 0 aromatic heterocycles. The van der Waals surface area contributed by atoms with E-state index in [1.54, 1.807) is 12.1 Å². The van der Waals surface area contributed by atoms with Crippen molar-refractivity contribution >= 4 is 0 Å². The molecule has 18 heavy (non-hydrogen) atoms. The van der Waals surface area contributed by atoms with E-state index in [-0.39, 0.29) is 5.82 Å². The van der Waals surface area contributed by atoms with E-state index >= 15 is 0 Å². The third kappa shape index (κ3) is 4.77. The average molecular weight is 251 g/mol. The molecule has 0 bridgehead atoms. The first-order chi connectivity index (χ1) is 8.71. The summed E-state index contributed by atoms with van der Waals surface area (Å²) in [5.74, 6) is 0.533. The third-order valence-electron chi connectivity index (χ3n) is 3.62. The molecule has 0 radical (unpaired) electrons. The molecule has 1 N–H and O–H groups in total. The third-order valence-corrected chi connectivity index (χ3v) is 3.62. The van der Waals surface area contributed by atoms with E-state index in [0.29, 0.717) is 12.0 Å². The fourth-order valence-electron chi connectivity index (χ4n) is 2.51. The Bertz CT molecular complexity index is 334. The molecule has 2 heteroatoms. The largest absolute Gasteiger partial charge is 0.313 e. The Kier molecular flexibility index (Phi) is 6.96. The first kappa shape index (κ1) is 15.2. The zero-order valence-corrected chi connectivity index (χ0v) is 11.9. The van der Waals surface area contributed by atoms with Crippen molar-refractivity contribution in [3.63, 3.8) is 0 Å². The molecule has 1 rings (SSSR count). The number of hydrogen-bond donors (Lipinski definition) is 1. The summed E-state index contributed by atoms with van der Waals surface area (Å²) in [5, 5.41) is 3.62. The Hall–Kier alpha value is -0.890. The average Bonchev–Trinajstić information content (AvgIpc) is 2.37. The van der Waals surface area contributed by atoms with Gasteiger partial charge in [0.05, 0.1) is 0 Å². The van der Waals surface area contributed by atoms with Crippen LogP contribution in [0, 0.1) is 11.7 Å². The van der Waals surface area contributed by atoms with Crippen LogP contribution in [0.4, 0.5) is 4.39 Å². The highest BCUT2D eigenvalue weighted by molar-refractivity contribution is 5.17. The standard InChI is InChI=1S/C16H26FN/c1-4-10-18-16(14(5-2)6-3)12-13-8-7-9-15(17)11-13/h7-9,11,14,16,18H,4-6,10,12H2,1-3H3. The quantitative estimate of drug-likeness (QED) is 0.731. The molecule has 1 aromatic carbocycles. The summed E-state index contributed by atoms with van der Waals surface area (Å²) in [6.07, 6.45) is 4.41. The Morgan fingerprint density at radius 3 is 2.44 bits per heavy atom. The minimum absolute atomic E-state index is 0.133. The maximum Gasteiger partial charge on any atom is 0.123 e. The van der Waals surface area contributed by atoms with Crippen LogP contribution in [0.5, 0.6) is 0 Å². The number of benzene rings is 1. The second-order valence-corrected chi connectivity index (χ2v) is 4.97. The lowest BCUT2D eigenvalue weighted by molar-refractivity contribution is 0.332. The van der Waals surface area contributed by atoms with E-state index < -0.39 is 0 Å². The molecule has 0 aliphatic heterocycles. The van der Waals surface area contributed by atoms with Crippen molar-refractivity contribution < 1.29 is 4.39 Å². The molecular weight excluding hydrogens is 225 g/mol. The van der Waals surface area contributed by atoms with Crippen molar-refractivity contribution in [3.8, 4) is 0 Å². The molecule has 1 atom stereocenters. The van der Waals surface area contributed by atoms with Gasteiger partial charge < -0.3 is 5.32 Å². The van der Waals surface area contributed by atoms with Crippen molar-refractivity contribution in [2.24, 2.45) is 5.92 Å². The molecule has 0 fully saturated rings. The summed E-state index contributed by atoms with van der Waals surface area (Å²) in [5.41, 5.74) is 1.09. The fourth-order valence-corrected chi connectivity index (χ4v) is 2.51. The van der Waals surface area contributed by atoms with Gasteiger partial charge in [-0.15, -0.1) is 0 Å². The Balaban J connectivity index is 2.70. The van der Waals surface area contributed by atoms with Crippen molar-refractivity contribution in [2.75, 3.05) is 6.54 Å². The van der Waals surface area contributed by atoms with E-state index in [9.17, 15) is 4.39 Å². The van der Waals surface area contributed by atoms with Gasteiger partial charge >= 0.3 is 0 Å². The van der Waals surface area contributed by atoms with Crippen molar-refractivity contribution in [2.45, 2.75) is 52.5 Å². The van der Waals surface area contributed by atoms with E-state index in [1.165, 1.54) is 18.9 Å². The summed E-state index contributed by atoms with van der Waals surface area (Å²) in [4.78, 5) is 0. The van der Waals surface area contributed by atoms with Gasteiger partial charge in [0.1, 0.15) is 5.82 Å². The highest BCUT2D eigenvalue weighted by atomic mass is 19.1. The molecule has 1 nitrogen and oxygen atoms in total. The van der Waals surface area contributed by atoms with Crippen LogP contribution < -0.4 is 5.32 Å². The lowest BCUT2D eigenvalue weighted by Gasteiger charge is -2.26. The molecule has 0 amide bonds. The SMILES string of the molecule is CCCNC(Cc1cccc(F)c1)C(CC)CC. The Morgan fingerprint density at radius 1 is 1.17 bits per heavy atom. The van der Waals surface area contributed by atoms with E-state index in [0.717, 1.165) is 24.9 Å². The van der Waals surface area contributed by atoms with Crippen LogP contribution in [-0.2, 0) is 6.42 Å². The number of halogens is 1. The second kappa shape index (κ2) is 8.25. The van der Waals surface area contributed by atoms with Crippen LogP contribution in [0.25, 0.3) is 0 Å². The van der Waals surface area contributed by atoms with Crippen LogP contribution in [0.1, 0.15) is 45.6 Å². The topological polar surface area (TPSA) is 12.0 Å². The van der Waals surface area contributed by atoms with Crippen molar-refractivity contribution in [1.82, 2.24) is 5.32 Å². The highest BCUT2D eigenvalue weighted by Gasteiger charge is 2.18. The lowest BCUT2D eigenvalue weighted by atomic mass is 9.89. The van der Waals surface area contributed by atoms with E-state index in [1.807, 2.05) is 6.07 Å². The second-order valence-electron chi connectivity index (χ2n) is 4.97. The number of nitrogens with one attached hydrogen (secondary N) is 1. The summed E-state index contributed by atoms with van der Waals surface area (Å²) >= 11 is 0. The van der Waals surface area contributed by atoms with Crippen LogP contribution in [0.2, 0.25) is 0 Å². The molecule has 0 spiro atoms. The molecule has 1 aromatic rings. The van der Waals surface area contributed by atoms with E-state index in [4.69, 9.17) is 0 Å². The summed E-state index contributed by atoms with van der Waals surface area (Å²) in [6.45, 7) is 7.69. The Morgan fingerprint density at radius 2 is 1.89 bits per heavy atom. The van der Waals surface area contributed by atoms with Crippen LogP contribution >= 0.6 is 0 Å². The van der Waals surface area contributed by atoms with Gasteiger partial charge in [-0.05, 0) is 43.0 Å². The Labute approximate surface area is 111 Å². The summed E-state index contributed by atoms with van der Waals surface area (Å²) in [6, 6.07) is 7.44. The predicted octanol–water partition coefficient (Wildman–Crippen LogP) is 4.17. The zero-order chi connectivity index (χ0) is 13.4. The summed E-state index contributed by atoms with van der Waals surface area (Å²) in [7, 11) is 0. The molecule has 102 valence electrons. The van der Waals surface area contributed by atoms with E-state index in [2.05, 4.69) is 26.1 Å². The fraction of sp³-hybridized carbons (Fsp3) is 0.625. The summed E-state index contributed by atoms with van der Waals surface area (Å²) < 4.78 is 13.2. The van der Waals surface area contributed by atoms with Crippen LogP contribution in [-0.4, -0.2) is 12.6 Å². The van der Waals surface area contributed by atoms with Crippen molar-refractivity contribution in [1.29, 1.82) is 0 Å². The van der Waals surface area contributed by atoms with Gasteiger partial charge in [0.15, 0.2) is 0 Å². The number of hydrogen-bond acceptors (Lipinski definition) is 1. The van der Waals surface area contributed by atoms with Gasteiger partial charge in [0.2, 0.25) is 0 Å². The minimum atomic E-state index is -0.133. The zero-order valence-electron chi connectivity index (χ0n) is 11.9. The molecular formula is C16H26FN. The highest BCUT2D eigenvalue weighted by Crippen LogP contribution is 2.18. The smallest absolute Gasteiger partial charge is 0.123 e. The van der Waals surface area contributed by atoms with Gasteiger partial charge in [-0.2, -0.15) is 0 Å². The first-order valence-electron chi connectivity index (χ1n) is 7.19. The van der Waals surface area contributed by atoms with Crippen molar-refractivity contribution in [3.05, 3.63) is 35.6 Å². The molecule has 0 saturated carbocycles. The molecule has 1 unspecified atom stereocenters. The monoisotopic (exact) mass is 251 g/mol. The maximum atomic E-state index is 13.2. The van der Waals surface area contributed by atoms with Gasteiger partial charge in [-0.3, -0.25) is 0 Å². The van der Waals surface area contributed by atoms with Gasteiger partial charge in [-0.1, -0.05) is 45.7 Å². The first-order valence-corrected chi connectivity index (χ1v) is 7.19. The minimum Gasteiger partial charge on any atom is -0.313 e. The number of rotatable bonds is 8. The van der Waals surface area contributed by atoms with Gasteiger partial charge in [0.25, 0.3) is 0 Å². The lowest BCUT2D eigenvalue weighted by Crippen LogP contribution is -2.38. The van der Waals surface area contributed by atoms with Gasteiger partial charge in [0, 0.05) is 6.04 Å². The molecule has 0 aliphatic rings. The van der Waals surface area contributed by atoms with Crippen LogP contribution in [0.15, 0.2) is 24.3 Å². The van der Waals surface area contributed by atoms with Gasteiger partial charge in [-0.25, -0.2) is 4.39 Å². The normalized spacial score (nSPS) is 12.9. The molecule has 0 aliphatic carbocycles. The molecule has 0 saturated heterocycles. The molecule has 0 heterocycles.